The first-order valence-electron chi connectivity index (χ1n) is 10.3. The molecule has 3 rings (SSSR count). The number of carbonyl (C=O) groups is 1. The summed E-state index contributed by atoms with van der Waals surface area (Å²) in [5.74, 6) is 1.02. The lowest BCUT2D eigenvalue weighted by atomic mass is 10.3. The van der Waals surface area contributed by atoms with Gasteiger partial charge in [0.05, 0.1) is 48.8 Å². The third-order valence-corrected chi connectivity index (χ3v) is 5.22. The number of anilines is 1. The van der Waals surface area contributed by atoms with E-state index in [-0.39, 0.29) is 37.2 Å². The zero-order valence-electron chi connectivity index (χ0n) is 18.1. The molecule has 1 aliphatic heterocycles. The fourth-order valence-electron chi connectivity index (χ4n) is 3.20. The van der Waals surface area contributed by atoms with Crippen LogP contribution < -0.4 is 15.2 Å². The number of aromatic amines is 1. The molecule has 12 heteroatoms. The van der Waals surface area contributed by atoms with Crippen LogP contribution in [-0.2, 0) is 14.3 Å². The Morgan fingerprint density at radius 3 is 2.59 bits per heavy atom. The average Bonchev–Trinajstić information content (AvgIpc) is 2.80. The van der Waals surface area contributed by atoms with Gasteiger partial charge in [-0.2, -0.15) is 5.10 Å². The van der Waals surface area contributed by atoms with Crippen molar-refractivity contribution in [1.29, 1.82) is 0 Å². The number of hydrogen-bond donors (Lipinski definition) is 1. The lowest BCUT2D eigenvalue weighted by Crippen LogP contribution is -2.49. The monoisotopic (exact) mass is 466 g/mol. The van der Waals surface area contributed by atoms with E-state index in [0.717, 1.165) is 0 Å². The largest absolute Gasteiger partial charge is 0.489 e. The molecule has 0 spiro atoms. The number of H-pyrrole nitrogens is 1. The number of methoxy groups -OCH3 is 1. The summed E-state index contributed by atoms with van der Waals surface area (Å²) in [6.07, 6.45) is 4.44. The molecule has 0 unspecified atom stereocenters. The second kappa shape index (κ2) is 11.7. The van der Waals surface area contributed by atoms with Gasteiger partial charge in [0.25, 0.3) is 5.56 Å². The second-order valence-electron chi connectivity index (χ2n) is 7.27. The SMILES string of the molecule is COC[C@@H](COc1cn[nH]c(=O)c1C)OCCC(=O)N1CCN(c2ncc(Cl)cn2)CC1. The van der Waals surface area contributed by atoms with E-state index in [0.29, 0.717) is 55.1 Å². The molecule has 1 N–H and O–H groups in total. The quantitative estimate of drug-likeness (QED) is 0.538. The minimum Gasteiger partial charge on any atom is -0.489 e. The van der Waals surface area contributed by atoms with Crippen molar-refractivity contribution in [3.05, 3.63) is 39.5 Å². The number of aromatic nitrogens is 4. The summed E-state index contributed by atoms with van der Waals surface area (Å²) in [5, 5.41) is 6.57. The van der Waals surface area contributed by atoms with E-state index < -0.39 is 0 Å². The smallest absolute Gasteiger partial charge is 0.270 e. The fraction of sp³-hybridized carbons (Fsp3) is 0.550. The van der Waals surface area contributed by atoms with Crippen LogP contribution in [0.15, 0.2) is 23.4 Å². The lowest BCUT2D eigenvalue weighted by Gasteiger charge is -2.34. The average molecular weight is 467 g/mol. The highest BCUT2D eigenvalue weighted by Crippen LogP contribution is 2.14. The molecule has 1 aliphatic rings. The molecule has 0 bridgehead atoms. The van der Waals surface area contributed by atoms with Crippen molar-refractivity contribution in [2.75, 3.05) is 58.0 Å². The minimum atomic E-state index is -0.384. The maximum absolute atomic E-state index is 12.6. The molecule has 0 aromatic carbocycles. The van der Waals surface area contributed by atoms with E-state index in [1.165, 1.54) is 6.20 Å². The molecular weight excluding hydrogens is 440 g/mol. The van der Waals surface area contributed by atoms with Crippen molar-refractivity contribution in [2.24, 2.45) is 0 Å². The first kappa shape index (κ1) is 23.9. The number of carbonyl (C=O) groups excluding carboxylic acids is 1. The van der Waals surface area contributed by atoms with Crippen molar-refractivity contribution in [3.63, 3.8) is 0 Å². The van der Waals surface area contributed by atoms with E-state index >= 15 is 0 Å². The van der Waals surface area contributed by atoms with Gasteiger partial charge in [-0.1, -0.05) is 11.6 Å². The topological polar surface area (TPSA) is 123 Å². The highest BCUT2D eigenvalue weighted by molar-refractivity contribution is 6.30. The van der Waals surface area contributed by atoms with Crippen molar-refractivity contribution in [2.45, 2.75) is 19.4 Å². The van der Waals surface area contributed by atoms with Gasteiger partial charge in [-0.15, -0.1) is 0 Å². The second-order valence-corrected chi connectivity index (χ2v) is 7.70. The van der Waals surface area contributed by atoms with Crippen LogP contribution in [0.4, 0.5) is 5.95 Å². The Morgan fingerprint density at radius 1 is 1.19 bits per heavy atom. The van der Waals surface area contributed by atoms with Crippen LogP contribution in [0.1, 0.15) is 12.0 Å². The Kier molecular flexibility index (Phi) is 8.77. The molecule has 0 saturated carbocycles. The highest BCUT2D eigenvalue weighted by atomic mass is 35.5. The van der Waals surface area contributed by atoms with E-state index in [1.807, 2.05) is 9.80 Å². The number of nitrogens with zero attached hydrogens (tertiary/aromatic N) is 5. The maximum Gasteiger partial charge on any atom is 0.270 e. The van der Waals surface area contributed by atoms with Crippen LogP contribution in [0, 0.1) is 6.92 Å². The van der Waals surface area contributed by atoms with Crippen LogP contribution in [-0.4, -0.2) is 90.2 Å². The normalized spacial score (nSPS) is 15.0. The zero-order chi connectivity index (χ0) is 22.9. The number of rotatable bonds is 10. The van der Waals surface area contributed by atoms with Crippen molar-refractivity contribution in [3.8, 4) is 5.75 Å². The van der Waals surface area contributed by atoms with Gasteiger partial charge in [-0.25, -0.2) is 15.1 Å². The zero-order valence-corrected chi connectivity index (χ0v) is 18.9. The summed E-state index contributed by atoms with van der Waals surface area (Å²) in [4.78, 5) is 36.4. The van der Waals surface area contributed by atoms with E-state index in [9.17, 15) is 9.59 Å². The van der Waals surface area contributed by atoms with Gasteiger partial charge in [0.15, 0.2) is 0 Å². The Labute approximate surface area is 190 Å². The van der Waals surface area contributed by atoms with Crippen molar-refractivity contribution in [1.82, 2.24) is 25.1 Å². The summed E-state index contributed by atoms with van der Waals surface area (Å²) in [6.45, 7) is 4.84. The third kappa shape index (κ3) is 6.62. The number of halogens is 1. The molecule has 1 fully saturated rings. The third-order valence-electron chi connectivity index (χ3n) is 5.03. The van der Waals surface area contributed by atoms with Crippen molar-refractivity contribution < 1.29 is 19.0 Å². The molecule has 2 aromatic heterocycles. The van der Waals surface area contributed by atoms with Gasteiger partial charge in [-0.3, -0.25) is 9.59 Å². The molecule has 2 aromatic rings. The number of nitrogens with one attached hydrogen (secondary N) is 1. The summed E-state index contributed by atoms with van der Waals surface area (Å²) in [6, 6.07) is 0. The van der Waals surface area contributed by atoms with Gasteiger partial charge in [0.1, 0.15) is 18.5 Å². The van der Waals surface area contributed by atoms with Crippen molar-refractivity contribution >= 4 is 23.5 Å². The number of hydrogen-bond acceptors (Lipinski definition) is 9. The minimum absolute atomic E-state index is 0.0217. The predicted octanol–water partition coefficient (Wildman–Crippen LogP) is 0.671. The molecule has 0 aliphatic carbocycles. The molecule has 0 radical (unpaired) electrons. The van der Waals surface area contributed by atoms with Crippen LogP contribution in [0.2, 0.25) is 5.02 Å². The van der Waals surface area contributed by atoms with E-state index in [2.05, 4.69) is 20.2 Å². The van der Waals surface area contributed by atoms with E-state index in [4.69, 9.17) is 25.8 Å². The molecule has 32 heavy (non-hydrogen) atoms. The van der Waals surface area contributed by atoms with Gasteiger partial charge in [-0.05, 0) is 6.92 Å². The van der Waals surface area contributed by atoms with Crippen LogP contribution >= 0.6 is 11.6 Å². The molecule has 1 saturated heterocycles. The highest BCUT2D eigenvalue weighted by Gasteiger charge is 2.23. The summed E-state index contributed by atoms with van der Waals surface area (Å²) < 4.78 is 16.6. The summed E-state index contributed by atoms with van der Waals surface area (Å²) in [7, 11) is 1.56. The molecule has 174 valence electrons. The molecule has 1 atom stereocenters. The number of piperazine rings is 1. The molecule has 1 amide bonds. The number of ether oxygens (including phenoxy) is 3. The van der Waals surface area contributed by atoms with Crippen LogP contribution in [0.25, 0.3) is 0 Å². The van der Waals surface area contributed by atoms with Gasteiger partial charge in [0.2, 0.25) is 11.9 Å². The van der Waals surface area contributed by atoms with Gasteiger partial charge in [0, 0.05) is 33.3 Å². The Bertz CT molecular complexity index is 933. The first-order chi connectivity index (χ1) is 15.5. The Hall–Kier alpha value is -2.76. The summed E-state index contributed by atoms with van der Waals surface area (Å²) in [5.41, 5.74) is 0.134. The predicted molar refractivity (Wildman–Crippen MR) is 117 cm³/mol. The lowest BCUT2D eigenvalue weighted by molar-refractivity contribution is -0.133. The van der Waals surface area contributed by atoms with Gasteiger partial charge >= 0.3 is 0 Å². The maximum atomic E-state index is 12.6. The Balaban J connectivity index is 1.41. The summed E-state index contributed by atoms with van der Waals surface area (Å²) >= 11 is 5.83. The van der Waals surface area contributed by atoms with E-state index in [1.54, 1.807) is 26.4 Å². The standard InChI is InChI=1S/C20H27ClN6O5/c1-14-17(11-24-25-19(14)29)32-13-16(12-30-2)31-8-3-18(28)26-4-6-27(7-5-26)20-22-9-15(21)10-23-20/h9-11,16H,3-8,12-13H2,1-2H3,(H,25,29)/t16-/m0/s1. The molecule has 11 nitrogen and oxygen atoms in total. The van der Waals surface area contributed by atoms with Gasteiger partial charge < -0.3 is 24.0 Å². The number of amides is 1. The Morgan fingerprint density at radius 2 is 1.91 bits per heavy atom. The van der Waals surface area contributed by atoms with Crippen LogP contribution in [0.3, 0.4) is 0 Å². The first-order valence-corrected chi connectivity index (χ1v) is 10.6. The molecule has 3 heterocycles. The van der Waals surface area contributed by atoms with Crippen LogP contribution in [0.5, 0.6) is 5.75 Å². The molecular formula is C20H27ClN6O5. The fourth-order valence-corrected chi connectivity index (χ4v) is 3.29.